The van der Waals surface area contributed by atoms with E-state index in [0.717, 1.165) is 38.6 Å². The Morgan fingerprint density at radius 1 is 1.18 bits per heavy atom. The summed E-state index contributed by atoms with van der Waals surface area (Å²) in [6.45, 7) is 1.000. The van der Waals surface area contributed by atoms with E-state index >= 15 is 0 Å². The van der Waals surface area contributed by atoms with E-state index < -0.39 is 0 Å². The molecule has 1 aliphatic carbocycles. The average Bonchev–Trinajstić information content (AvgIpc) is 3.11. The molecule has 1 aliphatic heterocycles. The molecule has 2 fully saturated rings. The molecule has 3 N–H and O–H groups in total. The van der Waals surface area contributed by atoms with Crippen LogP contribution in [0.1, 0.15) is 32.1 Å². The van der Waals surface area contributed by atoms with Gasteiger partial charge in [0.2, 0.25) is 11.8 Å². The zero-order valence-corrected chi connectivity index (χ0v) is 10.6. The standard InChI is InChI=1S/C11H19N3O2.ClH/c15-10(14-8-4-5-8)7-13-11(16)9-3-1-2-6-12-9;/h8-9,12H,1-7H2,(H,13,16)(H,14,15);1H/t9-;/m0./s1. The predicted octanol–water partition coefficient (Wildman–Crippen LogP) is -0.0549. The highest BCUT2D eigenvalue weighted by Crippen LogP contribution is 2.18. The summed E-state index contributed by atoms with van der Waals surface area (Å²) >= 11 is 0. The summed E-state index contributed by atoms with van der Waals surface area (Å²) in [6.07, 6.45) is 5.23. The van der Waals surface area contributed by atoms with Crippen LogP contribution in [-0.4, -0.2) is 37.0 Å². The largest absolute Gasteiger partial charge is 0.352 e. The summed E-state index contributed by atoms with van der Waals surface area (Å²) in [5.74, 6) is -0.127. The molecule has 1 saturated carbocycles. The van der Waals surface area contributed by atoms with Gasteiger partial charge in [-0.2, -0.15) is 0 Å². The monoisotopic (exact) mass is 261 g/mol. The first-order valence-corrected chi connectivity index (χ1v) is 6.06. The zero-order chi connectivity index (χ0) is 11.4. The first-order valence-electron chi connectivity index (χ1n) is 6.06. The van der Waals surface area contributed by atoms with Gasteiger partial charge >= 0.3 is 0 Å². The fourth-order valence-corrected chi connectivity index (χ4v) is 1.87. The van der Waals surface area contributed by atoms with Crippen molar-refractivity contribution in [3.63, 3.8) is 0 Å². The maximum Gasteiger partial charge on any atom is 0.239 e. The molecule has 0 aromatic carbocycles. The topological polar surface area (TPSA) is 70.2 Å². The number of carbonyl (C=O) groups excluding carboxylic acids is 2. The Kier molecular flexibility index (Phi) is 5.71. The fourth-order valence-electron chi connectivity index (χ4n) is 1.87. The van der Waals surface area contributed by atoms with E-state index in [1.807, 2.05) is 0 Å². The van der Waals surface area contributed by atoms with Crippen molar-refractivity contribution in [2.24, 2.45) is 0 Å². The minimum absolute atomic E-state index is 0. The van der Waals surface area contributed by atoms with Crippen LogP contribution < -0.4 is 16.0 Å². The van der Waals surface area contributed by atoms with Crippen molar-refractivity contribution in [3.8, 4) is 0 Å². The molecule has 0 bridgehead atoms. The third kappa shape index (κ3) is 4.91. The van der Waals surface area contributed by atoms with Gasteiger partial charge in [-0.25, -0.2) is 0 Å². The quantitative estimate of drug-likeness (QED) is 0.664. The lowest BCUT2D eigenvalue weighted by Gasteiger charge is -2.22. The molecule has 2 amide bonds. The molecule has 0 unspecified atom stereocenters. The second-order valence-electron chi connectivity index (χ2n) is 4.56. The molecule has 5 nitrogen and oxygen atoms in total. The number of rotatable bonds is 4. The van der Waals surface area contributed by atoms with Gasteiger partial charge in [0.1, 0.15) is 0 Å². The van der Waals surface area contributed by atoms with E-state index in [2.05, 4.69) is 16.0 Å². The smallest absolute Gasteiger partial charge is 0.239 e. The van der Waals surface area contributed by atoms with Crippen molar-refractivity contribution in [2.75, 3.05) is 13.1 Å². The van der Waals surface area contributed by atoms with Gasteiger partial charge in [-0.15, -0.1) is 12.4 Å². The maximum absolute atomic E-state index is 11.7. The molecule has 2 rings (SSSR count). The van der Waals surface area contributed by atoms with E-state index in [0.29, 0.717) is 6.04 Å². The van der Waals surface area contributed by atoms with Crippen LogP contribution in [0.25, 0.3) is 0 Å². The summed E-state index contributed by atoms with van der Waals surface area (Å²) in [4.78, 5) is 23.0. The van der Waals surface area contributed by atoms with Gasteiger partial charge in [0.05, 0.1) is 12.6 Å². The third-order valence-corrected chi connectivity index (χ3v) is 2.99. The predicted molar refractivity (Wildman–Crippen MR) is 67.1 cm³/mol. The number of piperidine rings is 1. The number of amides is 2. The minimum Gasteiger partial charge on any atom is -0.352 e. The summed E-state index contributed by atoms with van der Waals surface area (Å²) in [5.41, 5.74) is 0. The highest BCUT2D eigenvalue weighted by Gasteiger charge is 2.24. The maximum atomic E-state index is 11.7. The van der Waals surface area contributed by atoms with Crippen LogP contribution >= 0.6 is 12.4 Å². The first-order chi connectivity index (χ1) is 7.75. The number of nitrogens with one attached hydrogen (secondary N) is 3. The molecule has 1 atom stereocenters. The Morgan fingerprint density at radius 2 is 1.94 bits per heavy atom. The van der Waals surface area contributed by atoms with Crippen LogP contribution in [0.4, 0.5) is 0 Å². The molecule has 98 valence electrons. The summed E-state index contributed by atoms with van der Waals surface area (Å²) < 4.78 is 0. The van der Waals surface area contributed by atoms with Crippen LogP contribution in [-0.2, 0) is 9.59 Å². The molecule has 6 heteroatoms. The van der Waals surface area contributed by atoms with E-state index in [1.54, 1.807) is 0 Å². The Morgan fingerprint density at radius 3 is 2.53 bits per heavy atom. The number of hydrogen-bond donors (Lipinski definition) is 3. The second-order valence-corrected chi connectivity index (χ2v) is 4.56. The van der Waals surface area contributed by atoms with Gasteiger partial charge in [0.25, 0.3) is 0 Å². The van der Waals surface area contributed by atoms with E-state index in [1.165, 1.54) is 0 Å². The Bertz CT molecular complexity index is 276. The molecule has 0 aromatic heterocycles. The van der Waals surface area contributed by atoms with Crippen molar-refractivity contribution < 1.29 is 9.59 Å². The van der Waals surface area contributed by atoms with Gasteiger partial charge in [-0.3, -0.25) is 9.59 Å². The zero-order valence-electron chi connectivity index (χ0n) is 9.83. The van der Waals surface area contributed by atoms with Crippen molar-refractivity contribution in [1.82, 2.24) is 16.0 Å². The number of halogens is 1. The fraction of sp³-hybridized carbons (Fsp3) is 0.818. The first kappa shape index (κ1) is 14.3. The highest BCUT2D eigenvalue weighted by molar-refractivity contribution is 5.87. The molecule has 1 heterocycles. The highest BCUT2D eigenvalue weighted by atomic mass is 35.5. The van der Waals surface area contributed by atoms with Crippen LogP contribution in [0, 0.1) is 0 Å². The van der Waals surface area contributed by atoms with Crippen molar-refractivity contribution in [3.05, 3.63) is 0 Å². The normalized spacial score (nSPS) is 23.4. The van der Waals surface area contributed by atoms with Crippen molar-refractivity contribution in [2.45, 2.75) is 44.2 Å². The van der Waals surface area contributed by atoms with E-state index in [-0.39, 0.29) is 36.8 Å². The second kappa shape index (κ2) is 6.81. The number of hydrogen-bond acceptors (Lipinski definition) is 3. The lowest BCUT2D eigenvalue weighted by atomic mass is 10.0. The molecule has 0 aromatic rings. The van der Waals surface area contributed by atoms with Gasteiger partial charge in [0.15, 0.2) is 0 Å². The lowest BCUT2D eigenvalue weighted by molar-refractivity contribution is -0.127. The van der Waals surface area contributed by atoms with Gasteiger partial charge in [0, 0.05) is 6.04 Å². The number of carbonyl (C=O) groups is 2. The van der Waals surface area contributed by atoms with E-state index in [9.17, 15) is 9.59 Å². The molecule has 0 spiro atoms. The molecule has 1 saturated heterocycles. The Hall–Kier alpha value is -0.810. The summed E-state index contributed by atoms with van der Waals surface area (Å²) in [6, 6.07) is 0.250. The molecule has 0 radical (unpaired) electrons. The van der Waals surface area contributed by atoms with Crippen LogP contribution in [0.2, 0.25) is 0 Å². The summed E-state index contributed by atoms with van der Waals surface area (Å²) in [5, 5.41) is 8.66. The van der Waals surface area contributed by atoms with Gasteiger partial charge < -0.3 is 16.0 Å². The van der Waals surface area contributed by atoms with E-state index in [4.69, 9.17) is 0 Å². The van der Waals surface area contributed by atoms with Crippen LogP contribution in [0.3, 0.4) is 0 Å². The van der Waals surface area contributed by atoms with Crippen LogP contribution in [0.5, 0.6) is 0 Å². The van der Waals surface area contributed by atoms with Gasteiger partial charge in [-0.05, 0) is 32.2 Å². The van der Waals surface area contributed by atoms with Gasteiger partial charge in [-0.1, -0.05) is 6.42 Å². The average molecular weight is 262 g/mol. The third-order valence-electron chi connectivity index (χ3n) is 2.99. The summed E-state index contributed by atoms with van der Waals surface area (Å²) in [7, 11) is 0. The Labute approximate surface area is 108 Å². The SMILES string of the molecule is Cl.O=C(CNC(=O)[C@@H]1CCCCN1)NC1CC1. The Balaban J connectivity index is 0.00000144. The van der Waals surface area contributed by atoms with Crippen molar-refractivity contribution >= 4 is 24.2 Å². The molecular formula is C11H20ClN3O2. The molecule has 17 heavy (non-hydrogen) atoms. The minimum atomic E-state index is -0.109. The van der Waals surface area contributed by atoms with Crippen LogP contribution in [0.15, 0.2) is 0 Å². The molecular weight excluding hydrogens is 242 g/mol. The van der Waals surface area contributed by atoms with Crippen molar-refractivity contribution in [1.29, 1.82) is 0 Å². The lowest BCUT2D eigenvalue weighted by Crippen LogP contribution is -2.49. The molecule has 2 aliphatic rings.